The molecular formula is C28H27N3O6S2. The first-order valence-electron chi connectivity index (χ1n) is 12.5. The monoisotopic (exact) mass is 565 g/mol. The van der Waals surface area contributed by atoms with Gasteiger partial charge in [-0.2, -0.15) is 0 Å². The third-order valence-corrected chi connectivity index (χ3v) is 8.33. The molecule has 2 heterocycles. The number of nitrogens with one attached hydrogen (secondary N) is 1. The number of hydrogen-bond acceptors (Lipinski definition) is 8. The number of anilines is 1. The summed E-state index contributed by atoms with van der Waals surface area (Å²) in [4.78, 5) is 66.7. The van der Waals surface area contributed by atoms with Crippen LogP contribution in [0.1, 0.15) is 48.8 Å². The predicted octanol–water partition coefficient (Wildman–Crippen LogP) is 3.21. The average Bonchev–Trinajstić information content (AvgIpc) is 3.24. The molecule has 0 aromatic heterocycles. The maximum atomic E-state index is 13.2. The Morgan fingerprint density at radius 2 is 1.49 bits per heavy atom. The molecule has 9 nitrogen and oxygen atoms in total. The molecule has 0 spiro atoms. The Morgan fingerprint density at radius 3 is 2.26 bits per heavy atom. The molecule has 2 aromatic rings. The molecule has 4 rings (SSSR count). The second-order valence-corrected chi connectivity index (χ2v) is 11.4. The maximum Gasteiger partial charge on any atom is 0.334 e. The van der Waals surface area contributed by atoms with Gasteiger partial charge in [0.15, 0.2) is 0 Å². The van der Waals surface area contributed by atoms with E-state index < -0.39 is 17.8 Å². The predicted molar refractivity (Wildman–Crippen MR) is 149 cm³/mol. The highest BCUT2D eigenvalue weighted by molar-refractivity contribution is 8.76. The number of imide groups is 1. The number of carbonyl (C=O) groups excluding carboxylic acids is 5. The number of amides is 4. The van der Waals surface area contributed by atoms with Crippen LogP contribution in [0.2, 0.25) is 0 Å². The fraction of sp³-hybridized carbons (Fsp3) is 0.321. The Hall–Kier alpha value is -3.75. The molecule has 2 aromatic carbocycles. The zero-order chi connectivity index (χ0) is 27.6. The summed E-state index contributed by atoms with van der Waals surface area (Å²) in [6.45, 7) is 0.627. The fourth-order valence-electron chi connectivity index (χ4n) is 3.92. The average molecular weight is 566 g/mol. The first-order chi connectivity index (χ1) is 18.9. The van der Waals surface area contributed by atoms with Crippen molar-refractivity contribution >= 4 is 56.9 Å². The lowest BCUT2D eigenvalue weighted by atomic mass is 10.0. The van der Waals surface area contributed by atoms with E-state index in [-0.39, 0.29) is 50.5 Å². The van der Waals surface area contributed by atoms with E-state index >= 15 is 0 Å². The van der Waals surface area contributed by atoms with Crippen LogP contribution in [0.4, 0.5) is 5.69 Å². The molecule has 202 valence electrons. The van der Waals surface area contributed by atoms with Crippen molar-refractivity contribution in [2.24, 2.45) is 0 Å². The molecular weight excluding hydrogens is 538 g/mol. The molecule has 39 heavy (non-hydrogen) atoms. The van der Waals surface area contributed by atoms with Gasteiger partial charge in [0.1, 0.15) is 0 Å². The number of fused-ring (bicyclic) bond motifs is 2. The van der Waals surface area contributed by atoms with Crippen molar-refractivity contribution in [2.45, 2.75) is 38.6 Å². The van der Waals surface area contributed by atoms with Gasteiger partial charge in [-0.3, -0.25) is 19.2 Å². The summed E-state index contributed by atoms with van der Waals surface area (Å²) in [6.07, 6.45) is 0.578. The Morgan fingerprint density at radius 1 is 0.846 bits per heavy atom. The molecule has 0 aliphatic carbocycles. The molecule has 2 aliphatic rings. The van der Waals surface area contributed by atoms with E-state index in [0.717, 1.165) is 22.4 Å². The van der Waals surface area contributed by atoms with Gasteiger partial charge in [0, 0.05) is 54.9 Å². The van der Waals surface area contributed by atoms with Crippen LogP contribution in [0.5, 0.6) is 0 Å². The molecule has 0 saturated carbocycles. The summed E-state index contributed by atoms with van der Waals surface area (Å²) in [5, 5.41) is 3.34. The minimum Gasteiger partial charge on any atom is -0.356 e. The molecule has 1 N–H and O–H groups in total. The van der Waals surface area contributed by atoms with E-state index in [2.05, 4.69) is 17.2 Å². The van der Waals surface area contributed by atoms with Gasteiger partial charge in [-0.05, 0) is 23.8 Å². The highest BCUT2D eigenvalue weighted by Crippen LogP contribution is 2.26. The SMILES string of the molecule is O=C(CCSSCCC(=O)ON1C(=O)CCC1=O)NCCC(=O)N1Cc2ccccc2C#Cc2ccccc21. The van der Waals surface area contributed by atoms with Crippen LogP contribution < -0.4 is 10.2 Å². The van der Waals surface area contributed by atoms with Crippen LogP contribution >= 0.6 is 21.6 Å². The summed E-state index contributed by atoms with van der Waals surface area (Å²) in [7, 11) is 2.83. The van der Waals surface area contributed by atoms with E-state index in [0.29, 0.717) is 23.1 Å². The number of hydroxylamine groups is 2. The van der Waals surface area contributed by atoms with E-state index in [1.807, 2.05) is 48.5 Å². The number of nitrogens with zero attached hydrogens (tertiary/aromatic N) is 2. The number of para-hydroxylation sites is 1. The van der Waals surface area contributed by atoms with Crippen molar-refractivity contribution in [1.82, 2.24) is 10.4 Å². The van der Waals surface area contributed by atoms with Crippen LogP contribution in [0.15, 0.2) is 48.5 Å². The van der Waals surface area contributed by atoms with Gasteiger partial charge in [-0.1, -0.05) is 63.8 Å². The molecule has 4 amide bonds. The molecule has 1 fully saturated rings. The molecule has 2 aliphatic heterocycles. The highest BCUT2D eigenvalue weighted by Gasteiger charge is 2.32. The van der Waals surface area contributed by atoms with Crippen molar-refractivity contribution < 1.29 is 28.8 Å². The minimum atomic E-state index is -0.646. The van der Waals surface area contributed by atoms with Crippen LogP contribution in [0.25, 0.3) is 0 Å². The summed E-state index contributed by atoms with van der Waals surface area (Å²) in [5.74, 6) is 5.39. The Balaban J connectivity index is 1.15. The van der Waals surface area contributed by atoms with Crippen LogP contribution in [0.3, 0.4) is 0 Å². The van der Waals surface area contributed by atoms with Gasteiger partial charge in [-0.25, -0.2) is 4.79 Å². The lowest BCUT2D eigenvalue weighted by Gasteiger charge is -2.26. The Labute approximate surface area is 234 Å². The van der Waals surface area contributed by atoms with Gasteiger partial charge in [0.05, 0.1) is 18.7 Å². The first kappa shape index (κ1) is 28.3. The number of carbonyl (C=O) groups is 5. The molecule has 0 bridgehead atoms. The number of rotatable bonds is 11. The Kier molecular flexibility index (Phi) is 10.1. The number of hydrogen-bond donors (Lipinski definition) is 1. The quantitative estimate of drug-likeness (QED) is 0.191. The summed E-state index contributed by atoms with van der Waals surface area (Å²) < 4.78 is 0. The van der Waals surface area contributed by atoms with Gasteiger partial charge >= 0.3 is 5.97 Å². The largest absolute Gasteiger partial charge is 0.356 e. The zero-order valence-corrected chi connectivity index (χ0v) is 22.8. The molecule has 0 radical (unpaired) electrons. The normalized spacial score (nSPS) is 13.9. The third kappa shape index (κ3) is 7.88. The van der Waals surface area contributed by atoms with Crippen LogP contribution in [-0.4, -0.2) is 52.7 Å². The van der Waals surface area contributed by atoms with Gasteiger partial charge < -0.3 is 15.1 Å². The van der Waals surface area contributed by atoms with Crippen LogP contribution in [0, 0.1) is 11.8 Å². The van der Waals surface area contributed by atoms with Gasteiger partial charge in [-0.15, -0.1) is 5.06 Å². The Bertz CT molecular complexity index is 1320. The van der Waals surface area contributed by atoms with Gasteiger partial charge in [0.25, 0.3) is 11.8 Å². The van der Waals surface area contributed by atoms with Crippen molar-refractivity contribution in [2.75, 3.05) is 23.0 Å². The number of benzene rings is 2. The summed E-state index contributed by atoms with van der Waals surface area (Å²) in [5.41, 5.74) is 3.40. The second-order valence-electron chi connectivity index (χ2n) is 8.69. The van der Waals surface area contributed by atoms with Crippen molar-refractivity contribution in [3.63, 3.8) is 0 Å². The minimum absolute atomic E-state index is 0.0404. The fourth-order valence-corrected chi connectivity index (χ4v) is 5.88. The molecule has 0 unspecified atom stereocenters. The summed E-state index contributed by atoms with van der Waals surface area (Å²) >= 11 is 0. The first-order valence-corrected chi connectivity index (χ1v) is 15.0. The topological polar surface area (TPSA) is 113 Å². The van der Waals surface area contributed by atoms with E-state index in [1.54, 1.807) is 4.90 Å². The van der Waals surface area contributed by atoms with Crippen molar-refractivity contribution in [3.8, 4) is 11.8 Å². The molecule has 1 saturated heterocycles. The maximum absolute atomic E-state index is 13.2. The smallest absolute Gasteiger partial charge is 0.334 e. The lowest BCUT2D eigenvalue weighted by molar-refractivity contribution is -0.197. The highest BCUT2D eigenvalue weighted by atomic mass is 33.1. The van der Waals surface area contributed by atoms with E-state index in [9.17, 15) is 24.0 Å². The lowest BCUT2D eigenvalue weighted by Crippen LogP contribution is -2.35. The van der Waals surface area contributed by atoms with Crippen molar-refractivity contribution in [3.05, 3.63) is 65.2 Å². The molecule has 11 heteroatoms. The summed E-state index contributed by atoms with van der Waals surface area (Å²) in [6, 6.07) is 15.3. The van der Waals surface area contributed by atoms with E-state index in [1.165, 1.54) is 21.6 Å². The van der Waals surface area contributed by atoms with Crippen LogP contribution in [-0.2, 0) is 35.4 Å². The van der Waals surface area contributed by atoms with E-state index in [4.69, 9.17) is 4.84 Å². The second kappa shape index (κ2) is 13.9. The van der Waals surface area contributed by atoms with Gasteiger partial charge in [0.2, 0.25) is 11.8 Å². The molecule has 0 atom stereocenters. The van der Waals surface area contributed by atoms with Crippen molar-refractivity contribution in [1.29, 1.82) is 0 Å². The standard InChI is InChI=1S/C28H27N3O6S2/c32-24(14-17-38-39-18-15-28(36)37-31-26(34)11-12-27(31)35)29-16-13-25(33)30-19-22-7-2-1-5-20(22)9-10-21-6-3-4-8-23(21)30/h1-8H,11-19H2,(H,29,32). The zero-order valence-electron chi connectivity index (χ0n) is 21.1. The third-order valence-electron chi connectivity index (χ3n) is 5.92.